The molecule has 0 bridgehead atoms. The molecule has 1 nitrogen and oxygen atoms in total. The van der Waals surface area contributed by atoms with Gasteiger partial charge in [-0.05, 0) is 18.8 Å². The SMILES string of the molecule is C[C@@H]1[C@@H](C)CN(P)[C@H]1C. The Morgan fingerprint density at radius 2 is 1.89 bits per heavy atom. The van der Waals surface area contributed by atoms with Crippen LogP contribution in [0.1, 0.15) is 20.8 Å². The smallest absolute Gasteiger partial charge is 0.0130 e. The monoisotopic (exact) mass is 145 g/mol. The molecular weight excluding hydrogens is 129 g/mol. The topological polar surface area (TPSA) is 3.24 Å². The van der Waals surface area contributed by atoms with Gasteiger partial charge in [0.05, 0.1) is 0 Å². The van der Waals surface area contributed by atoms with E-state index in [2.05, 4.69) is 34.8 Å². The Balaban J connectivity index is 2.54. The lowest BCUT2D eigenvalue weighted by atomic mass is 9.95. The Morgan fingerprint density at radius 1 is 1.33 bits per heavy atom. The van der Waals surface area contributed by atoms with Gasteiger partial charge >= 0.3 is 0 Å². The van der Waals surface area contributed by atoms with E-state index >= 15 is 0 Å². The molecule has 0 aromatic carbocycles. The van der Waals surface area contributed by atoms with Crippen molar-refractivity contribution in [1.29, 1.82) is 0 Å². The Labute approximate surface area is 60.1 Å². The lowest BCUT2D eigenvalue weighted by molar-refractivity contribution is 0.394. The average molecular weight is 145 g/mol. The van der Waals surface area contributed by atoms with Gasteiger partial charge < -0.3 is 0 Å². The van der Waals surface area contributed by atoms with Crippen LogP contribution in [0.2, 0.25) is 0 Å². The van der Waals surface area contributed by atoms with Crippen molar-refractivity contribution in [2.75, 3.05) is 6.54 Å². The van der Waals surface area contributed by atoms with Gasteiger partial charge in [-0.3, -0.25) is 4.67 Å². The first-order valence-electron chi connectivity index (χ1n) is 3.64. The maximum absolute atomic E-state index is 2.79. The van der Waals surface area contributed by atoms with Crippen LogP contribution in [0, 0.1) is 11.8 Å². The number of hydrogen-bond donors (Lipinski definition) is 0. The maximum Gasteiger partial charge on any atom is 0.0130 e. The molecule has 0 saturated carbocycles. The second-order valence-electron chi connectivity index (χ2n) is 3.27. The average Bonchev–Trinajstić information content (AvgIpc) is 1.98. The van der Waals surface area contributed by atoms with Gasteiger partial charge in [-0.25, -0.2) is 0 Å². The molecule has 4 atom stereocenters. The minimum absolute atomic E-state index is 0.755. The van der Waals surface area contributed by atoms with Crippen molar-refractivity contribution in [1.82, 2.24) is 4.67 Å². The summed E-state index contributed by atoms with van der Waals surface area (Å²) in [5.74, 6) is 1.74. The van der Waals surface area contributed by atoms with Crippen molar-refractivity contribution in [3.8, 4) is 0 Å². The second-order valence-corrected chi connectivity index (χ2v) is 3.94. The van der Waals surface area contributed by atoms with Gasteiger partial charge in [-0.15, -0.1) is 0 Å². The highest BCUT2D eigenvalue weighted by molar-refractivity contribution is 7.13. The lowest BCUT2D eigenvalue weighted by Gasteiger charge is -2.16. The van der Waals surface area contributed by atoms with E-state index in [1.165, 1.54) is 6.54 Å². The molecule has 0 spiro atoms. The molecule has 1 aliphatic heterocycles. The summed E-state index contributed by atoms with van der Waals surface area (Å²) in [6.45, 7) is 8.19. The summed E-state index contributed by atoms with van der Waals surface area (Å²) in [5, 5.41) is 0. The maximum atomic E-state index is 2.79. The predicted molar refractivity (Wildman–Crippen MR) is 44.2 cm³/mol. The van der Waals surface area contributed by atoms with E-state index < -0.39 is 0 Å². The van der Waals surface area contributed by atoms with Crippen LogP contribution < -0.4 is 0 Å². The molecular formula is C7H16NP. The van der Waals surface area contributed by atoms with E-state index in [0.29, 0.717) is 0 Å². The highest BCUT2D eigenvalue weighted by Gasteiger charge is 2.30. The number of hydrogen-bond acceptors (Lipinski definition) is 1. The van der Waals surface area contributed by atoms with Gasteiger partial charge in [-0.2, -0.15) is 0 Å². The molecule has 0 aliphatic carbocycles. The fourth-order valence-corrected chi connectivity index (χ4v) is 2.05. The zero-order valence-electron chi connectivity index (χ0n) is 6.46. The summed E-state index contributed by atoms with van der Waals surface area (Å²) in [4.78, 5) is 0. The lowest BCUT2D eigenvalue weighted by Crippen LogP contribution is -2.18. The zero-order valence-corrected chi connectivity index (χ0v) is 7.62. The van der Waals surface area contributed by atoms with Crippen molar-refractivity contribution in [2.24, 2.45) is 11.8 Å². The second kappa shape index (κ2) is 2.56. The summed E-state index contributed by atoms with van der Waals surface area (Å²) >= 11 is 0. The summed E-state index contributed by atoms with van der Waals surface area (Å²) < 4.78 is 2.36. The quantitative estimate of drug-likeness (QED) is 0.469. The van der Waals surface area contributed by atoms with E-state index in [9.17, 15) is 0 Å². The molecule has 9 heavy (non-hydrogen) atoms. The van der Waals surface area contributed by atoms with Gasteiger partial charge in [0, 0.05) is 12.6 Å². The fourth-order valence-electron chi connectivity index (χ4n) is 1.44. The summed E-state index contributed by atoms with van der Waals surface area (Å²) in [6.07, 6.45) is 0. The summed E-state index contributed by atoms with van der Waals surface area (Å²) in [7, 11) is 2.79. The van der Waals surface area contributed by atoms with Crippen LogP contribution in [0.3, 0.4) is 0 Å². The summed E-state index contributed by atoms with van der Waals surface area (Å²) in [6, 6.07) is 0.755. The molecule has 1 unspecified atom stereocenters. The van der Waals surface area contributed by atoms with E-state index in [0.717, 1.165) is 17.9 Å². The van der Waals surface area contributed by atoms with Gasteiger partial charge in [0.15, 0.2) is 0 Å². The highest BCUT2D eigenvalue weighted by Crippen LogP contribution is 2.30. The van der Waals surface area contributed by atoms with Gasteiger partial charge in [-0.1, -0.05) is 23.2 Å². The molecule has 54 valence electrons. The van der Waals surface area contributed by atoms with Gasteiger partial charge in [0.2, 0.25) is 0 Å². The molecule has 1 saturated heterocycles. The van der Waals surface area contributed by atoms with Crippen molar-refractivity contribution < 1.29 is 0 Å². The van der Waals surface area contributed by atoms with Crippen LogP contribution in [-0.2, 0) is 0 Å². The third kappa shape index (κ3) is 1.28. The third-order valence-electron chi connectivity index (χ3n) is 2.68. The van der Waals surface area contributed by atoms with Crippen LogP contribution in [0.15, 0.2) is 0 Å². The molecule has 0 aromatic heterocycles. The molecule has 1 fully saturated rings. The standard InChI is InChI=1S/C7H16NP/c1-5-4-8(9)7(3)6(5)2/h5-7H,4,9H2,1-3H3/t5-,6+,7-/m0/s1. The summed E-state index contributed by atoms with van der Waals surface area (Å²) in [5.41, 5.74) is 0. The van der Waals surface area contributed by atoms with Crippen molar-refractivity contribution >= 4 is 9.39 Å². The van der Waals surface area contributed by atoms with E-state index in [4.69, 9.17) is 0 Å². The highest BCUT2D eigenvalue weighted by atomic mass is 31.0. The Morgan fingerprint density at radius 3 is 2.00 bits per heavy atom. The first-order valence-corrected chi connectivity index (χ1v) is 4.16. The first-order chi connectivity index (χ1) is 4.13. The normalized spacial score (nSPS) is 46.0. The predicted octanol–water partition coefficient (Wildman–Crippen LogP) is 1.75. The minimum atomic E-state index is 0.755. The number of rotatable bonds is 0. The van der Waals surface area contributed by atoms with Crippen LogP contribution in [0.25, 0.3) is 0 Å². The van der Waals surface area contributed by atoms with Crippen LogP contribution in [0.5, 0.6) is 0 Å². The minimum Gasteiger partial charge on any atom is -0.284 e. The molecule has 2 heteroatoms. The Kier molecular flexibility index (Phi) is 2.13. The molecule has 1 rings (SSSR count). The van der Waals surface area contributed by atoms with Crippen LogP contribution >= 0.6 is 9.39 Å². The Bertz CT molecular complexity index is 93.1. The largest absolute Gasteiger partial charge is 0.284 e. The van der Waals surface area contributed by atoms with Crippen LogP contribution in [0.4, 0.5) is 0 Å². The van der Waals surface area contributed by atoms with E-state index in [1.807, 2.05) is 0 Å². The molecule has 0 amide bonds. The Hall–Kier alpha value is 0.390. The van der Waals surface area contributed by atoms with Crippen molar-refractivity contribution in [2.45, 2.75) is 26.8 Å². The molecule has 1 heterocycles. The van der Waals surface area contributed by atoms with Crippen LogP contribution in [-0.4, -0.2) is 17.3 Å². The third-order valence-corrected chi connectivity index (χ3v) is 3.36. The van der Waals surface area contributed by atoms with Crippen molar-refractivity contribution in [3.63, 3.8) is 0 Å². The molecule has 0 N–H and O–H groups in total. The van der Waals surface area contributed by atoms with Gasteiger partial charge in [0.25, 0.3) is 0 Å². The van der Waals surface area contributed by atoms with E-state index in [1.54, 1.807) is 0 Å². The molecule has 1 aliphatic rings. The first kappa shape index (κ1) is 7.50. The number of nitrogens with zero attached hydrogens (tertiary/aromatic N) is 1. The van der Waals surface area contributed by atoms with E-state index in [-0.39, 0.29) is 0 Å². The molecule has 0 radical (unpaired) electrons. The fraction of sp³-hybridized carbons (Fsp3) is 1.00. The van der Waals surface area contributed by atoms with Crippen molar-refractivity contribution in [3.05, 3.63) is 0 Å². The zero-order chi connectivity index (χ0) is 7.02. The molecule has 0 aromatic rings. The van der Waals surface area contributed by atoms with Gasteiger partial charge in [0.1, 0.15) is 0 Å².